The molecular formula is C48H52Cl2N4O10. The number of carboxylic acids is 2. The number of aliphatic hydroxyl groups is 2. The number of ether oxygens (including phenoxy) is 4. The number of rotatable bonds is 23. The van der Waals surface area contributed by atoms with Crippen molar-refractivity contribution in [2.24, 2.45) is 0 Å². The highest BCUT2D eigenvalue weighted by atomic mass is 35.5. The van der Waals surface area contributed by atoms with Gasteiger partial charge in [-0.2, -0.15) is 5.26 Å². The Bertz CT molecular complexity index is 2480. The third kappa shape index (κ3) is 12.4. The summed E-state index contributed by atoms with van der Waals surface area (Å²) < 4.78 is 24.5. The predicted octanol–water partition coefficient (Wildman–Crippen LogP) is 7.82. The van der Waals surface area contributed by atoms with Gasteiger partial charge in [-0.05, 0) is 92.4 Å². The van der Waals surface area contributed by atoms with Gasteiger partial charge in [0.15, 0.2) is 0 Å². The van der Waals surface area contributed by atoms with Gasteiger partial charge in [0, 0.05) is 67.5 Å². The van der Waals surface area contributed by atoms with Gasteiger partial charge in [-0.15, -0.1) is 0 Å². The molecule has 0 fully saturated rings. The molecule has 0 saturated carbocycles. The second-order valence-corrected chi connectivity index (χ2v) is 16.1. The highest BCUT2D eigenvalue weighted by Crippen LogP contribution is 2.38. The van der Waals surface area contributed by atoms with Crippen molar-refractivity contribution in [2.45, 2.75) is 71.7 Å². The molecule has 64 heavy (non-hydrogen) atoms. The number of pyridine rings is 1. The second-order valence-electron chi connectivity index (χ2n) is 15.3. The summed E-state index contributed by atoms with van der Waals surface area (Å²) in [7, 11) is 4.83. The molecule has 4 N–H and O–H groups in total. The maximum atomic E-state index is 12.0. The molecule has 0 amide bonds. The van der Waals surface area contributed by atoms with Crippen LogP contribution in [0.3, 0.4) is 0 Å². The lowest BCUT2D eigenvalue weighted by Gasteiger charge is -2.25. The summed E-state index contributed by atoms with van der Waals surface area (Å²) in [6.07, 6.45) is 3.16. The van der Waals surface area contributed by atoms with Gasteiger partial charge in [0.2, 0.25) is 0 Å². The predicted molar refractivity (Wildman–Crippen MR) is 242 cm³/mol. The normalized spacial score (nSPS) is 12.2. The van der Waals surface area contributed by atoms with E-state index in [4.69, 9.17) is 42.1 Å². The van der Waals surface area contributed by atoms with Crippen molar-refractivity contribution in [3.05, 3.63) is 134 Å². The molecule has 1 aromatic heterocycles. The summed E-state index contributed by atoms with van der Waals surface area (Å²) >= 11 is 13.5. The number of carboxylic acid groups (broad SMARTS) is 2. The Hall–Kier alpha value is -5.92. The molecule has 4 aromatic carbocycles. The van der Waals surface area contributed by atoms with Gasteiger partial charge in [-0.25, -0.2) is 0 Å². The number of halogens is 2. The molecule has 0 aliphatic carbocycles. The molecular weight excluding hydrogens is 863 g/mol. The monoisotopic (exact) mass is 914 g/mol. The summed E-state index contributed by atoms with van der Waals surface area (Å²) in [6.45, 7) is 4.29. The van der Waals surface area contributed by atoms with E-state index in [1.807, 2.05) is 50.2 Å². The Morgan fingerprint density at radius 1 is 0.688 bits per heavy atom. The van der Waals surface area contributed by atoms with Crippen molar-refractivity contribution in [1.82, 2.24) is 14.8 Å². The lowest BCUT2D eigenvalue weighted by molar-refractivity contribution is -0.144. The molecule has 5 aromatic rings. The number of benzene rings is 4. The average molecular weight is 916 g/mol. The molecule has 0 bridgehead atoms. The smallest absolute Gasteiger partial charge is 0.321 e. The summed E-state index contributed by atoms with van der Waals surface area (Å²) in [6, 6.07) is 20.6. The number of hydrogen-bond donors (Lipinski definition) is 4. The third-order valence-corrected chi connectivity index (χ3v) is 11.6. The first kappa shape index (κ1) is 49.1. The standard InChI is InChI=1S/C48H52Cl2N4O10/c1-29-33(27-63-45-19-43(61-5)35(17-39(45)49)24-53(3)41(12-14-55)47(57)58)8-6-10-37(29)38-11-7-9-34(30(38)2)28-64-46-20-44(62-26-32-16-31(21-51)22-52-23-32)36(18-40(46)50)25-54(4)42(13-15-56)48(59)60/h6-11,16-20,22-23,41-42,55-56H,12-15,24-28H2,1-5H3,(H,57,58)(H,59,60). The van der Waals surface area contributed by atoms with Crippen LogP contribution in [0.2, 0.25) is 10.0 Å². The van der Waals surface area contributed by atoms with E-state index in [0.29, 0.717) is 55.3 Å². The van der Waals surface area contributed by atoms with Crippen LogP contribution >= 0.6 is 23.2 Å². The molecule has 1 heterocycles. The number of carbonyl (C=O) groups is 2. The highest BCUT2D eigenvalue weighted by molar-refractivity contribution is 6.32. The van der Waals surface area contributed by atoms with Gasteiger partial charge in [0.1, 0.15) is 61.0 Å². The van der Waals surface area contributed by atoms with Crippen LogP contribution in [0.4, 0.5) is 0 Å². The molecule has 2 atom stereocenters. The van der Waals surface area contributed by atoms with Crippen molar-refractivity contribution in [1.29, 1.82) is 5.26 Å². The third-order valence-electron chi connectivity index (χ3n) is 11.0. The van der Waals surface area contributed by atoms with Crippen LogP contribution < -0.4 is 18.9 Å². The quantitative estimate of drug-likeness (QED) is 0.0495. The van der Waals surface area contributed by atoms with Crippen LogP contribution in [0.15, 0.2) is 79.1 Å². The summed E-state index contributed by atoms with van der Waals surface area (Å²) in [5, 5.41) is 48.3. The molecule has 16 heteroatoms. The zero-order valence-corrected chi connectivity index (χ0v) is 37.8. The van der Waals surface area contributed by atoms with E-state index in [0.717, 1.165) is 33.4 Å². The van der Waals surface area contributed by atoms with Crippen LogP contribution in [0, 0.1) is 25.2 Å². The molecule has 2 unspecified atom stereocenters. The summed E-state index contributed by atoms with van der Waals surface area (Å²) in [5.74, 6) is -0.476. The van der Waals surface area contributed by atoms with Gasteiger partial charge < -0.3 is 39.4 Å². The van der Waals surface area contributed by atoms with Crippen molar-refractivity contribution >= 4 is 35.1 Å². The molecule has 0 aliphatic rings. The number of aromatic nitrogens is 1. The number of nitrogens with zero attached hydrogens (tertiary/aromatic N) is 4. The van der Waals surface area contributed by atoms with E-state index in [2.05, 4.69) is 11.1 Å². The molecule has 338 valence electrons. The molecule has 0 spiro atoms. The van der Waals surface area contributed by atoms with Crippen LogP contribution in [0.5, 0.6) is 23.0 Å². The first-order valence-corrected chi connectivity index (χ1v) is 21.1. The highest BCUT2D eigenvalue weighted by Gasteiger charge is 2.26. The fraction of sp³-hybridized carbons (Fsp3) is 0.333. The van der Waals surface area contributed by atoms with E-state index in [1.54, 1.807) is 60.4 Å². The Balaban J connectivity index is 1.35. The van der Waals surface area contributed by atoms with Crippen LogP contribution in [-0.2, 0) is 42.5 Å². The van der Waals surface area contributed by atoms with E-state index >= 15 is 0 Å². The van der Waals surface area contributed by atoms with Gasteiger partial charge in [-0.3, -0.25) is 24.4 Å². The Morgan fingerprint density at radius 2 is 1.16 bits per heavy atom. The first-order valence-electron chi connectivity index (χ1n) is 20.4. The maximum absolute atomic E-state index is 12.0. The van der Waals surface area contributed by atoms with E-state index in [9.17, 15) is 35.3 Å². The minimum Gasteiger partial charge on any atom is -0.496 e. The topological polar surface area (TPSA) is 195 Å². The molecule has 5 rings (SSSR count). The van der Waals surface area contributed by atoms with Crippen LogP contribution in [0.1, 0.15) is 57.3 Å². The minimum absolute atomic E-state index is 0.0329. The largest absolute Gasteiger partial charge is 0.496 e. The summed E-state index contributed by atoms with van der Waals surface area (Å²) in [4.78, 5) is 31.1. The van der Waals surface area contributed by atoms with E-state index in [1.165, 1.54) is 13.3 Å². The Morgan fingerprint density at radius 3 is 1.61 bits per heavy atom. The van der Waals surface area contributed by atoms with Crippen molar-refractivity contribution < 1.29 is 49.0 Å². The Kier molecular flexibility index (Phi) is 17.8. The zero-order chi connectivity index (χ0) is 46.5. The lowest BCUT2D eigenvalue weighted by atomic mass is 9.92. The van der Waals surface area contributed by atoms with Gasteiger partial charge in [0.25, 0.3) is 0 Å². The number of hydrogen-bond acceptors (Lipinski definition) is 12. The minimum atomic E-state index is -1.07. The molecule has 0 saturated heterocycles. The molecule has 0 radical (unpaired) electrons. The number of nitriles is 1. The zero-order valence-electron chi connectivity index (χ0n) is 36.3. The van der Waals surface area contributed by atoms with Crippen LogP contribution in [-0.4, -0.2) is 93.7 Å². The molecule has 14 nitrogen and oxygen atoms in total. The van der Waals surface area contributed by atoms with Gasteiger partial charge >= 0.3 is 11.9 Å². The van der Waals surface area contributed by atoms with Crippen molar-refractivity contribution in [2.75, 3.05) is 34.4 Å². The van der Waals surface area contributed by atoms with E-state index < -0.39 is 24.0 Å². The average Bonchev–Trinajstić information content (AvgIpc) is 3.27. The van der Waals surface area contributed by atoms with Gasteiger partial charge in [0.05, 0.1) is 22.7 Å². The number of aliphatic hydroxyl groups excluding tert-OH is 2. The number of aliphatic carboxylic acids is 2. The van der Waals surface area contributed by atoms with Crippen molar-refractivity contribution in [3.8, 4) is 40.2 Å². The number of methoxy groups -OCH3 is 1. The first-order chi connectivity index (χ1) is 30.7. The fourth-order valence-corrected chi connectivity index (χ4v) is 7.86. The van der Waals surface area contributed by atoms with Gasteiger partial charge in [-0.1, -0.05) is 59.6 Å². The maximum Gasteiger partial charge on any atom is 0.321 e. The second kappa shape index (κ2) is 23.1. The number of likely N-dealkylation sites (N-methyl/N-ethyl adjacent to an activating group) is 2. The SMILES string of the molecule is COc1cc(OCc2cccc(-c3cccc(COc4cc(OCc5cncc(C#N)c5)c(CN(C)C(CCO)C(=O)O)cc4Cl)c3C)c2C)c(Cl)cc1CN(C)C(CCO)C(=O)O. The fourth-order valence-electron chi connectivity index (χ4n) is 7.37. The van der Waals surface area contributed by atoms with Crippen LogP contribution in [0.25, 0.3) is 11.1 Å². The Labute approximate surface area is 382 Å². The summed E-state index contributed by atoms with van der Waals surface area (Å²) in [5.41, 5.74) is 8.11. The lowest BCUT2D eigenvalue weighted by Crippen LogP contribution is -2.38. The van der Waals surface area contributed by atoms with E-state index in [-0.39, 0.29) is 59.0 Å². The van der Waals surface area contributed by atoms with Crippen molar-refractivity contribution in [3.63, 3.8) is 0 Å². The molecule has 0 aliphatic heterocycles.